The highest BCUT2D eigenvalue weighted by Gasteiger charge is 2.35. The van der Waals surface area contributed by atoms with E-state index in [2.05, 4.69) is 13.8 Å². The second kappa shape index (κ2) is 7.66. The Morgan fingerprint density at radius 2 is 1.73 bits per heavy atom. The summed E-state index contributed by atoms with van der Waals surface area (Å²) >= 11 is 1.40. The molecule has 0 spiro atoms. The number of piperidine rings is 1. The Hall–Kier alpha value is -0.790. The molecule has 1 atom stereocenters. The molecule has 2 amide bonds. The van der Waals surface area contributed by atoms with Crippen LogP contribution in [-0.4, -0.2) is 78.6 Å². The number of rotatable bonds is 4. The minimum absolute atomic E-state index is 0.0395. The lowest BCUT2D eigenvalue weighted by molar-refractivity contribution is -0.132. The van der Waals surface area contributed by atoms with Crippen molar-refractivity contribution in [1.82, 2.24) is 9.80 Å². The quantitative estimate of drug-likeness (QED) is 0.795. The number of amides is 2. The molecule has 2 heterocycles. The van der Waals surface area contributed by atoms with Gasteiger partial charge in [-0.2, -0.15) is 0 Å². The standard InChI is InChI=1S/C15H27N3O3S/c1-15(2)11-18(4-3-12(15)16)14(20)10-22-9-13(19)17-5-7-21-8-6-17/h12H,3-11,16H2,1-2H3. The molecule has 0 aliphatic carbocycles. The first kappa shape index (κ1) is 17.6. The van der Waals surface area contributed by atoms with Crippen LogP contribution >= 0.6 is 11.8 Å². The number of morpholine rings is 1. The van der Waals surface area contributed by atoms with Crippen molar-refractivity contribution in [3.8, 4) is 0 Å². The van der Waals surface area contributed by atoms with Gasteiger partial charge >= 0.3 is 0 Å². The number of thioether (sulfide) groups is 1. The minimum atomic E-state index is -0.0395. The predicted octanol–water partition coefficient (Wildman–Crippen LogP) is 0.164. The molecule has 0 radical (unpaired) electrons. The Morgan fingerprint density at radius 1 is 1.14 bits per heavy atom. The van der Waals surface area contributed by atoms with Crippen molar-refractivity contribution in [2.24, 2.45) is 11.1 Å². The molecule has 1 unspecified atom stereocenters. The number of hydrogen-bond acceptors (Lipinski definition) is 5. The van der Waals surface area contributed by atoms with Crippen LogP contribution in [0.3, 0.4) is 0 Å². The smallest absolute Gasteiger partial charge is 0.232 e. The van der Waals surface area contributed by atoms with E-state index >= 15 is 0 Å². The van der Waals surface area contributed by atoms with E-state index < -0.39 is 0 Å². The average molecular weight is 329 g/mol. The monoisotopic (exact) mass is 329 g/mol. The van der Waals surface area contributed by atoms with Crippen molar-refractivity contribution in [3.05, 3.63) is 0 Å². The van der Waals surface area contributed by atoms with Gasteiger partial charge in [0, 0.05) is 32.2 Å². The Balaban J connectivity index is 1.70. The van der Waals surface area contributed by atoms with Crippen molar-refractivity contribution < 1.29 is 14.3 Å². The van der Waals surface area contributed by atoms with E-state index in [1.54, 1.807) is 0 Å². The van der Waals surface area contributed by atoms with Crippen LogP contribution in [0.4, 0.5) is 0 Å². The molecule has 22 heavy (non-hydrogen) atoms. The number of ether oxygens (including phenoxy) is 1. The van der Waals surface area contributed by atoms with Crippen molar-refractivity contribution in [2.45, 2.75) is 26.3 Å². The van der Waals surface area contributed by atoms with Gasteiger partial charge in [-0.3, -0.25) is 9.59 Å². The molecular weight excluding hydrogens is 302 g/mol. The Kier molecular flexibility index (Phi) is 6.11. The lowest BCUT2D eigenvalue weighted by Crippen LogP contribution is -2.54. The van der Waals surface area contributed by atoms with Crippen molar-refractivity contribution in [2.75, 3.05) is 50.9 Å². The summed E-state index contributed by atoms with van der Waals surface area (Å²) in [7, 11) is 0. The molecule has 7 heteroatoms. The maximum atomic E-state index is 12.3. The van der Waals surface area contributed by atoms with E-state index in [4.69, 9.17) is 10.5 Å². The summed E-state index contributed by atoms with van der Waals surface area (Å²) < 4.78 is 5.23. The number of nitrogens with two attached hydrogens (primary N) is 1. The Bertz CT molecular complexity index is 411. The molecule has 0 bridgehead atoms. The molecule has 0 aromatic rings. The van der Waals surface area contributed by atoms with Gasteiger partial charge in [0.1, 0.15) is 0 Å². The topological polar surface area (TPSA) is 75.9 Å². The van der Waals surface area contributed by atoms with Crippen LogP contribution in [0.15, 0.2) is 0 Å². The van der Waals surface area contributed by atoms with Gasteiger partial charge in [-0.15, -0.1) is 11.8 Å². The van der Waals surface area contributed by atoms with Crippen LogP contribution < -0.4 is 5.73 Å². The molecule has 2 aliphatic heterocycles. The van der Waals surface area contributed by atoms with Gasteiger partial charge in [-0.1, -0.05) is 13.8 Å². The van der Waals surface area contributed by atoms with Crippen LogP contribution in [0, 0.1) is 5.41 Å². The summed E-state index contributed by atoms with van der Waals surface area (Å²) in [6, 6.07) is 0.145. The summed E-state index contributed by atoms with van der Waals surface area (Å²) in [4.78, 5) is 28.0. The van der Waals surface area contributed by atoms with Crippen LogP contribution in [0.2, 0.25) is 0 Å². The van der Waals surface area contributed by atoms with Crippen molar-refractivity contribution in [1.29, 1.82) is 0 Å². The third kappa shape index (κ3) is 4.60. The van der Waals surface area contributed by atoms with Crippen LogP contribution in [0.1, 0.15) is 20.3 Å². The van der Waals surface area contributed by atoms with Gasteiger partial charge in [0.2, 0.25) is 11.8 Å². The third-order valence-electron chi connectivity index (χ3n) is 4.48. The highest BCUT2D eigenvalue weighted by Crippen LogP contribution is 2.28. The molecule has 2 rings (SSSR count). The summed E-state index contributed by atoms with van der Waals surface area (Å²) in [5.74, 6) is 0.936. The molecule has 126 valence electrons. The van der Waals surface area contributed by atoms with Crippen molar-refractivity contribution >= 4 is 23.6 Å². The summed E-state index contributed by atoms with van der Waals surface area (Å²) in [5, 5.41) is 0. The van der Waals surface area contributed by atoms with E-state index in [9.17, 15) is 9.59 Å². The first-order valence-corrected chi connectivity index (χ1v) is 9.02. The zero-order valence-corrected chi connectivity index (χ0v) is 14.4. The predicted molar refractivity (Wildman–Crippen MR) is 87.7 cm³/mol. The molecule has 2 N–H and O–H groups in total. The SMILES string of the molecule is CC1(C)CN(C(=O)CSCC(=O)N2CCOCC2)CCC1N. The van der Waals surface area contributed by atoms with Gasteiger partial charge in [0.15, 0.2) is 0 Å². The molecular formula is C15H27N3O3S. The molecule has 0 aromatic carbocycles. The molecule has 2 fully saturated rings. The highest BCUT2D eigenvalue weighted by atomic mass is 32.2. The van der Waals surface area contributed by atoms with E-state index in [0.717, 1.165) is 13.0 Å². The van der Waals surface area contributed by atoms with Gasteiger partial charge in [-0.25, -0.2) is 0 Å². The number of hydrogen-bond donors (Lipinski definition) is 1. The van der Waals surface area contributed by atoms with Crippen LogP contribution in [-0.2, 0) is 14.3 Å². The number of likely N-dealkylation sites (tertiary alicyclic amines) is 1. The minimum Gasteiger partial charge on any atom is -0.378 e. The lowest BCUT2D eigenvalue weighted by Gasteiger charge is -2.42. The molecule has 2 aliphatic rings. The fraction of sp³-hybridized carbons (Fsp3) is 0.867. The van der Waals surface area contributed by atoms with Crippen LogP contribution in [0.5, 0.6) is 0 Å². The van der Waals surface area contributed by atoms with E-state index in [1.165, 1.54) is 11.8 Å². The van der Waals surface area contributed by atoms with E-state index in [-0.39, 0.29) is 23.3 Å². The zero-order chi connectivity index (χ0) is 16.2. The third-order valence-corrected chi connectivity index (χ3v) is 5.38. The number of carbonyl (C=O) groups excluding carboxylic acids is 2. The van der Waals surface area contributed by atoms with Crippen LogP contribution in [0.25, 0.3) is 0 Å². The van der Waals surface area contributed by atoms with E-state index in [0.29, 0.717) is 44.4 Å². The fourth-order valence-electron chi connectivity index (χ4n) is 2.81. The van der Waals surface area contributed by atoms with Gasteiger partial charge in [0.25, 0.3) is 0 Å². The number of carbonyl (C=O) groups is 2. The summed E-state index contributed by atoms with van der Waals surface area (Å²) in [6.07, 6.45) is 0.843. The average Bonchev–Trinajstić information content (AvgIpc) is 2.50. The maximum absolute atomic E-state index is 12.3. The summed E-state index contributed by atoms with van der Waals surface area (Å²) in [6.45, 7) is 8.17. The second-order valence-electron chi connectivity index (χ2n) is 6.69. The van der Waals surface area contributed by atoms with Crippen molar-refractivity contribution in [3.63, 3.8) is 0 Å². The lowest BCUT2D eigenvalue weighted by atomic mass is 9.80. The summed E-state index contributed by atoms with van der Waals surface area (Å²) in [5.41, 5.74) is 6.05. The fourth-order valence-corrected chi connectivity index (χ4v) is 3.62. The molecule has 6 nitrogen and oxygen atoms in total. The number of nitrogens with zero attached hydrogens (tertiary/aromatic N) is 2. The first-order valence-electron chi connectivity index (χ1n) is 7.87. The first-order chi connectivity index (χ1) is 10.4. The zero-order valence-electron chi connectivity index (χ0n) is 13.5. The van der Waals surface area contributed by atoms with E-state index in [1.807, 2.05) is 9.80 Å². The highest BCUT2D eigenvalue weighted by molar-refractivity contribution is 8.00. The molecule has 0 aromatic heterocycles. The van der Waals surface area contributed by atoms with Gasteiger partial charge < -0.3 is 20.3 Å². The Labute approximate surface area is 136 Å². The largest absolute Gasteiger partial charge is 0.378 e. The molecule has 0 saturated carbocycles. The normalized spacial score (nSPS) is 25.1. The van der Waals surface area contributed by atoms with Gasteiger partial charge in [0.05, 0.1) is 24.7 Å². The molecule has 2 saturated heterocycles. The van der Waals surface area contributed by atoms with Gasteiger partial charge in [-0.05, 0) is 11.8 Å². The Morgan fingerprint density at radius 3 is 2.32 bits per heavy atom. The maximum Gasteiger partial charge on any atom is 0.232 e. The second-order valence-corrected chi connectivity index (χ2v) is 7.67.